The summed E-state index contributed by atoms with van der Waals surface area (Å²) in [5.74, 6) is 1.50. The molecule has 0 unspecified atom stereocenters. The number of hydrogen-bond donors (Lipinski definition) is 1. The molecule has 1 amide bonds. The summed E-state index contributed by atoms with van der Waals surface area (Å²) in [7, 11) is 1.67. The van der Waals surface area contributed by atoms with Gasteiger partial charge in [-0.3, -0.25) is 9.59 Å². The number of carbonyl (C=O) groups excluding carboxylic acids is 1. The van der Waals surface area contributed by atoms with E-state index in [0.29, 0.717) is 12.3 Å². The zero-order chi connectivity index (χ0) is 21.6. The average Bonchev–Trinajstić information content (AvgIpc) is 3.34. The third-order valence-corrected chi connectivity index (χ3v) is 5.99. The first kappa shape index (κ1) is 21.2. The van der Waals surface area contributed by atoms with Crippen molar-refractivity contribution in [2.75, 3.05) is 57.9 Å². The van der Waals surface area contributed by atoms with Gasteiger partial charge >= 0.3 is 0 Å². The molecule has 0 atom stereocenters. The molecule has 0 bridgehead atoms. The number of piperazine rings is 1. The fourth-order valence-corrected chi connectivity index (χ4v) is 4.13. The molecule has 3 heterocycles. The summed E-state index contributed by atoms with van der Waals surface area (Å²) in [6.07, 6.45) is 3.39. The summed E-state index contributed by atoms with van der Waals surface area (Å²) in [5, 5.41) is 0. The van der Waals surface area contributed by atoms with Crippen molar-refractivity contribution in [3.05, 3.63) is 52.6 Å². The molecule has 2 saturated heterocycles. The number of nitrogens with one attached hydrogen (secondary N) is 1. The van der Waals surface area contributed by atoms with Crippen LogP contribution in [0.3, 0.4) is 0 Å². The minimum absolute atomic E-state index is 0.0832. The van der Waals surface area contributed by atoms with E-state index in [2.05, 4.69) is 17.0 Å². The predicted octanol–water partition coefficient (Wildman–Crippen LogP) is 0.555. The van der Waals surface area contributed by atoms with Crippen LogP contribution in [0.2, 0.25) is 0 Å². The van der Waals surface area contributed by atoms with Crippen LogP contribution < -0.4 is 24.7 Å². The van der Waals surface area contributed by atoms with Crippen LogP contribution in [0, 0.1) is 0 Å². The van der Waals surface area contributed by atoms with Gasteiger partial charge in [-0.15, -0.1) is 0 Å². The quantitative estimate of drug-likeness (QED) is 0.694. The van der Waals surface area contributed by atoms with Gasteiger partial charge in [0.25, 0.3) is 5.91 Å². The Kier molecular flexibility index (Phi) is 6.76. The van der Waals surface area contributed by atoms with E-state index in [1.165, 1.54) is 22.9 Å². The van der Waals surface area contributed by atoms with E-state index in [4.69, 9.17) is 13.9 Å². The number of ether oxygens (including phenoxy) is 2. The largest absolute Gasteiger partial charge is 0.497 e. The van der Waals surface area contributed by atoms with Gasteiger partial charge in [-0.1, -0.05) is 0 Å². The van der Waals surface area contributed by atoms with Crippen molar-refractivity contribution in [2.24, 2.45) is 0 Å². The second-order valence-electron chi connectivity index (χ2n) is 8.06. The first-order valence-electron chi connectivity index (χ1n) is 10.9. The Morgan fingerprint density at radius 3 is 2.45 bits per heavy atom. The molecule has 2 aliphatic heterocycles. The minimum atomic E-state index is -0.244. The third-order valence-electron chi connectivity index (χ3n) is 5.99. The molecular weight excluding hydrogens is 398 g/mol. The number of rotatable bonds is 7. The van der Waals surface area contributed by atoms with Crippen LogP contribution in [-0.2, 0) is 11.3 Å². The second-order valence-corrected chi connectivity index (χ2v) is 8.06. The first-order valence-corrected chi connectivity index (χ1v) is 10.9. The molecule has 8 nitrogen and oxygen atoms in total. The Labute approximate surface area is 181 Å². The second kappa shape index (κ2) is 9.87. The molecule has 31 heavy (non-hydrogen) atoms. The first-order chi connectivity index (χ1) is 15.1. The molecule has 0 radical (unpaired) electrons. The molecule has 4 rings (SSSR count). The SMILES string of the molecule is COc1ccc(N2CC[NH+](Cc3cc(=O)c(OCC(=O)N4CCCC4)co3)CC2)cc1. The predicted molar refractivity (Wildman–Crippen MR) is 116 cm³/mol. The number of carbonyl (C=O) groups is 1. The fourth-order valence-electron chi connectivity index (χ4n) is 4.13. The monoisotopic (exact) mass is 428 g/mol. The van der Waals surface area contributed by atoms with Crippen LogP contribution >= 0.6 is 0 Å². The number of benzene rings is 1. The van der Waals surface area contributed by atoms with Crippen LogP contribution in [0.25, 0.3) is 0 Å². The summed E-state index contributed by atoms with van der Waals surface area (Å²) in [6, 6.07) is 9.60. The summed E-state index contributed by atoms with van der Waals surface area (Å²) >= 11 is 0. The van der Waals surface area contributed by atoms with E-state index >= 15 is 0 Å². The van der Waals surface area contributed by atoms with Crippen LogP contribution in [0.15, 0.2) is 45.8 Å². The van der Waals surface area contributed by atoms with Crippen LogP contribution in [0.4, 0.5) is 5.69 Å². The molecule has 1 aromatic heterocycles. The van der Waals surface area contributed by atoms with E-state index in [-0.39, 0.29) is 23.7 Å². The van der Waals surface area contributed by atoms with Gasteiger partial charge in [0.05, 0.1) is 33.3 Å². The summed E-state index contributed by atoms with van der Waals surface area (Å²) in [6.45, 7) is 5.85. The van der Waals surface area contributed by atoms with Gasteiger partial charge in [0, 0.05) is 24.8 Å². The number of anilines is 1. The van der Waals surface area contributed by atoms with Gasteiger partial charge in [0.15, 0.2) is 12.4 Å². The van der Waals surface area contributed by atoms with Crippen molar-refractivity contribution in [3.63, 3.8) is 0 Å². The Hall–Kier alpha value is -3.00. The molecular formula is C23H30N3O5+. The Bertz CT molecular complexity index is 929. The molecule has 0 spiro atoms. The van der Waals surface area contributed by atoms with E-state index in [1.54, 1.807) is 12.0 Å². The topological polar surface area (TPSA) is 76.7 Å². The smallest absolute Gasteiger partial charge is 0.260 e. The summed E-state index contributed by atoms with van der Waals surface area (Å²) in [4.78, 5) is 29.9. The van der Waals surface area contributed by atoms with Gasteiger partial charge in [-0.05, 0) is 37.1 Å². The third kappa shape index (κ3) is 5.38. The Balaban J connectivity index is 1.26. The lowest BCUT2D eigenvalue weighted by Crippen LogP contribution is -3.13. The van der Waals surface area contributed by atoms with Crippen molar-refractivity contribution in [2.45, 2.75) is 19.4 Å². The highest BCUT2D eigenvalue weighted by Crippen LogP contribution is 2.19. The van der Waals surface area contributed by atoms with Crippen molar-refractivity contribution < 1.29 is 23.6 Å². The van der Waals surface area contributed by atoms with Crippen LogP contribution in [0.5, 0.6) is 11.5 Å². The minimum Gasteiger partial charge on any atom is -0.497 e. The number of quaternary nitrogens is 1. The van der Waals surface area contributed by atoms with Gasteiger partial charge in [-0.25, -0.2) is 0 Å². The van der Waals surface area contributed by atoms with Crippen molar-refractivity contribution in [3.8, 4) is 11.5 Å². The van der Waals surface area contributed by atoms with E-state index in [9.17, 15) is 9.59 Å². The molecule has 166 valence electrons. The van der Waals surface area contributed by atoms with Crippen molar-refractivity contribution >= 4 is 11.6 Å². The van der Waals surface area contributed by atoms with E-state index < -0.39 is 0 Å². The zero-order valence-electron chi connectivity index (χ0n) is 18.0. The summed E-state index contributed by atoms with van der Waals surface area (Å²) in [5.41, 5.74) is 0.947. The highest BCUT2D eigenvalue weighted by molar-refractivity contribution is 5.78. The van der Waals surface area contributed by atoms with Gasteiger partial charge in [0.2, 0.25) is 11.2 Å². The maximum absolute atomic E-state index is 12.4. The lowest BCUT2D eigenvalue weighted by molar-refractivity contribution is -0.915. The molecule has 0 saturated carbocycles. The lowest BCUT2D eigenvalue weighted by atomic mass is 10.2. The Morgan fingerprint density at radius 1 is 1.10 bits per heavy atom. The van der Waals surface area contributed by atoms with Gasteiger partial charge in [0.1, 0.15) is 18.6 Å². The molecule has 1 aromatic carbocycles. The normalized spacial score (nSPS) is 17.1. The fraction of sp³-hybridized carbons (Fsp3) is 0.478. The van der Waals surface area contributed by atoms with E-state index in [0.717, 1.165) is 57.9 Å². The molecule has 2 fully saturated rings. The van der Waals surface area contributed by atoms with Crippen LogP contribution in [-0.4, -0.2) is 63.8 Å². The van der Waals surface area contributed by atoms with Gasteiger partial charge in [-0.2, -0.15) is 0 Å². The van der Waals surface area contributed by atoms with Gasteiger partial charge < -0.3 is 28.6 Å². The number of nitrogens with zero attached hydrogens (tertiary/aromatic N) is 2. The van der Waals surface area contributed by atoms with Crippen molar-refractivity contribution in [1.82, 2.24) is 4.90 Å². The molecule has 2 aromatic rings. The Morgan fingerprint density at radius 2 is 1.81 bits per heavy atom. The average molecular weight is 429 g/mol. The standard InChI is InChI=1S/C23H29N3O5/c1-29-19-6-4-18(5-7-19)25-12-10-24(11-13-25)15-20-14-21(27)22(16-30-20)31-17-23(28)26-8-2-3-9-26/h4-7,14,16H,2-3,8-13,15,17H2,1H3/p+1. The maximum Gasteiger partial charge on any atom is 0.260 e. The number of amides is 1. The number of methoxy groups -OCH3 is 1. The summed E-state index contributed by atoms with van der Waals surface area (Å²) < 4.78 is 16.3. The van der Waals surface area contributed by atoms with E-state index in [1.807, 2.05) is 12.1 Å². The van der Waals surface area contributed by atoms with Crippen LogP contribution in [0.1, 0.15) is 18.6 Å². The highest BCUT2D eigenvalue weighted by atomic mass is 16.5. The number of likely N-dealkylation sites (tertiary alicyclic amines) is 1. The molecule has 8 heteroatoms. The molecule has 1 N–H and O–H groups in total. The molecule has 0 aliphatic carbocycles. The lowest BCUT2D eigenvalue weighted by Gasteiger charge is -2.33. The molecule has 2 aliphatic rings. The number of hydrogen-bond acceptors (Lipinski definition) is 6. The zero-order valence-corrected chi connectivity index (χ0v) is 18.0. The highest BCUT2D eigenvalue weighted by Gasteiger charge is 2.22. The maximum atomic E-state index is 12.4. The van der Waals surface area contributed by atoms with Crippen molar-refractivity contribution in [1.29, 1.82) is 0 Å².